The number of hydrogen-bond acceptors (Lipinski definition) is 2. The summed E-state index contributed by atoms with van der Waals surface area (Å²) in [6.07, 6.45) is 0. The lowest BCUT2D eigenvalue weighted by atomic mass is 10.0. The van der Waals surface area contributed by atoms with E-state index in [1.807, 2.05) is 62.4 Å². The highest BCUT2D eigenvalue weighted by atomic mass is 35.5. The Kier molecular flexibility index (Phi) is 9.99. The van der Waals surface area contributed by atoms with Crippen LogP contribution in [0.4, 0.5) is 8.78 Å². The fourth-order valence-electron chi connectivity index (χ4n) is 3.80. The standard InChI is InChI=1S/C31H20ClF2OS2.C2H6/c32-29-20-22(31(35)21-4-2-1-3-5-21)6-19-30(29)36-25-11-17-28(18-12-25)37(26-13-7-23(33)8-14-26)27-15-9-24(34)10-16-27;1-2/h1-20H;1-2H3/q+1;. The molecule has 0 spiro atoms. The van der Waals surface area contributed by atoms with Crippen LogP contribution in [-0.4, -0.2) is 5.78 Å². The molecule has 0 heterocycles. The second-order valence-electron chi connectivity index (χ2n) is 8.13. The highest BCUT2D eigenvalue weighted by Crippen LogP contribution is 2.37. The smallest absolute Gasteiger partial charge is 0.193 e. The van der Waals surface area contributed by atoms with E-state index in [9.17, 15) is 13.6 Å². The number of ketones is 1. The Hall–Kier alpha value is -3.38. The molecular weight excluding hydrogens is 550 g/mol. The molecule has 0 bridgehead atoms. The van der Waals surface area contributed by atoms with Gasteiger partial charge in [0.25, 0.3) is 0 Å². The zero-order valence-electron chi connectivity index (χ0n) is 21.4. The average molecular weight is 576 g/mol. The van der Waals surface area contributed by atoms with Gasteiger partial charge in [-0.2, -0.15) is 0 Å². The maximum atomic E-state index is 13.6. The molecule has 0 saturated carbocycles. The Morgan fingerprint density at radius 1 is 0.641 bits per heavy atom. The van der Waals surface area contributed by atoms with Gasteiger partial charge in [-0.3, -0.25) is 4.79 Å². The number of carbonyl (C=O) groups excluding carboxylic acids is 1. The van der Waals surface area contributed by atoms with Crippen LogP contribution in [0.25, 0.3) is 0 Å². The Bertz CT molecular complexity index is 1480. The van der Waals surface area contributed by atoms with Crippen LogP contribution in [0.1, 0.15) is 29.8 Å². The van der Waals surface area contributed by atoms with E-state index in [0.717, 1.165) is 24.5 Å². The first-order chi connectivity index (χ1) is 19.0. The molecule has 0 aliphatic heterocycles. The van der Waals surface area contributed by atoms with Crippen LogP contribution in [0.5, 0.6) is 0 Å². The number of benzene rings is 5. The van der Waals surface area contributed by atoms with Gasteiger partial charge in [0.05, 0.1) is 15.9 Å². The van der Waals surface area contributed by atoms with E-state index in [-0.39, 0.29) is 17.4 Å². The summed E-state index contributed by atoms with van der Waals surface area (Å²) in [7, 11) is -0.523. The van der Waals surface area contributed by atoms with Gasteiger partial charge in [-0.05, 0) is 91.0 Å². The molecule has 5 rings (SSSR count). The summed E-state index contributed by atoms with van der Waals surface area (Å²) in [6, 6.07) is 35.4. The van der Waals surface area contributed by atoms with Crippen molar-refractivity contribution >= 4 is 40.0 Å². The third-order valence-electron chi connectivity index (χ3n) is 5.62. The summed E-state index contributed by atoms with van der Waals surface area (Å²) >= 11 is 8.05. The van der Waals surface area contributed by atoms with Crippen LogP contribution < -0.4 is 0 Å². The van der Waals surface area contributed by atoms with Crippen molar-refractivity contribution in [2.24, 2.45) is 0 Å². The second kappa shape index (κ2) is 13.6. The van der Waals surface area contributed by atoms with Crippen molar-refractivity contribution in [3.05, 3.63) is 149 Å². The molecule has 39 heavy (non-hydrogen) atoms. The number of hydrogen-bond donors (Lipinski definition) is 0. The lowest BCUT2D eigenvalue weighted by molar-refractivity contribution is 0.103. The molecule has 0 saturated heterocycles. The topological polar surface area (TPSA) is 17.1 Å². The molecular formula is C33H26ClF2OS2+. The normalized spacial score (nSPS) is 10.6. The van der Waals surface area contributed by atoms with Gasteiger partial charge in [-0.25, -0.2) is 8.78 Å². The Morgan fingerprint density at radius 3 is 1.62 bits per heavy atom. The number of carbonyl (C=O) groups is 1. The van der Waals surface area contributed by atoms with Crippen molar-refractivity contribution in [1.29, 1.82) is 0 Å². The molecule has 0 unspecified atom stereocenters. The SMILES string of the molecule is CC.O=C(c1ccccc1)c1ccc(Sc2ccc([S+](c3ccc(F)cc3)c3ccc(F)cc3)cc2)c(Cl)c1. The summed E-state index contributed by atoms with van der Waals surface area (Å²) in [5, 5.41) is 0.508. The van der Waals surface area contributed by atoms with Crippen molar-refractivity contribution in [3.8, 4) is 0 Å². The molecule has 196 valence electrons. The lowest BCUT2D eigenvalue weighted by Crippen LogP contribution is -2.05. The predicted molar refractivity (Wildman–Crippen MR) is 158 cm³/mol. The van der Waals surface area contributed by atoms with E-state index in [2.05, 4.69) is 0 Å². The zero-order valence-corrected chi connectivity index (χ0v) is 23.8. The van der Waals surface area contributed by atoms with Crippen LogP contribution in [0, 0.1) is 11.6 Å². The summed E-state index contributed by atoms with van der Waals surface area (Å²) < 4.78 is 27.2. The van der Waals surface area contributed by atoms with Gasteiger partial charge in [0.15, 0.2) is 20.5 Å². The minimum atomic E-state index is -0.523. The average Bonchev–Trinajstić information content (AvgIpc) is 2.98. The monoisotopic (exact) mass is 575 g/mol. The molecule has 6 heteroatoms. The molecule has 0 amide bonds. The van der Waals surface area contributed by atoms with Gasteiger partial charge in [0.2, 0.25) is 0 Å². The van der Waals surface area contributed by atoms with Crippen molar-refractivity contribution in [2.75, 3.05) is 0 Å². The molecule has 0 aliphatic carbocycles. The molecule has 0 radical (unpaired) electrons. The fourth-order valence-corrected chi connectivity index (χ4v) is 6.96. The van der Waals surface area contributed by atoms with Crippen molar-refractivity contribution < 1.29 is 13.6 Å². The summed E-state index contributed by atoms with van der Waals surface area (Å²) in [6.45, 7) is 4.00. The Labute approximate surface area is 240 Å². The number of rotatable bonds is 7. The first-order valence-corrected chi connectivity index (χ1v) is 14.8. The molecule has 0 fully saturated rings. The van der Waals surface area contributed by atoms with Crippen LogP contribution in [0.3, 0.4) is 0 Å². The van der Waals surface area contributed by atoms with Crippen molar-refractivity contribution in [3.63, 3.8) is 0 Å². The van der Waals surface area contributed by atoms with Crippen molar-refractivity contribution in [2.45, 2.75) is 38.3 Å². The first-order valence-electron chi connectivity index (χ1n) is 12.4. The quantitative estimate of drug-likeness (QED) is 0.142. The minimum absolute atomic E-state index is 0.0722. The third kappa shape index (κ3) is 7.18. The first kappa shape index (κ1) is 28.6. The van der Waals surface area contributed by atoms with Crippen LogP contribution in [0.15, 0.2) is 146 Å². The van der Waals surface area contributed by atoms with E-state index < -0.39 is 10.9 Å². The lowest BCUT2D eigenvalue weighted by Gasteiger charge is -2.10. The summed E-state index contributed by atoms with van der Waals surface area (Å²) in [5.74, 6) is -0.671. The molecule has 0 atom stereocenters. The van der Waals surface area contributed by atoms with Gasteiger partial charge in [0.1, 0.15) is 11.6 Å². The minimum Gasteiger partial charge on any atom is -0.289 e. The third-order valence-corrected chi connectivity index (χ3v) is 9.36. The van der Waals surface area contributed by atoms with Crippen LogP contribution in [-0.2, 0) is 10.9 Å². The van der Waals surface area contributed by atoms with Crippen LogP contribution >= 0.6 is 23.4 Å². The van der Waals surface area contributed by atoms with E-state index in [1.165, 1.54) is 36.0 Å². The maximum Gasteiger partial charge on any atom is 0.193 e. The molecule has 1 nitrogen and oxygen atoms in total. The molecule has 0 aromatic heterocycles. The molecule has 5 aromatic carbocycles. The largest absolute Gasteiger partial charge is 0.289 e. The van der Waals surface area contributed by atoms with Crippen LogP contribution in [0.2, 0.25) is 5.02 Å². The van der Waals surface area contributed by atoms with E-state index in [1.54, 1.807) is 48.5 Å². The van der Waals surface area contributed by atoms with E-state index in [4.69, 9.17) is 11.6 Å². The predicted octanol–water partition coefficient (Wildman–Crippen LogP) is 10.1. The Balaban J connectivity index is 0.00000172. The van der Waals surface area contributed by atoms with Gasteiger partial charge >= 0.3 is 0 Å². The van der Waals surface area contributed by atoms with E-state index >= 15 is 0 Å². The fraction of sp³-hybridized carbons (Fsp3) is 0.0606. The van der Waals surface area contributed by atoms with Gasteiger partial charge in [-0.15, -0.1) is 0 Å². The van der Waals surface area contributed by atoms with Gasteiger partial charge < -0.3 is 0 Å². The second-order valence-corrected chi connectivity index (χ2v) is 11.7. The molecule has 0 N–H and O–H groups in total. The number of halogens is 3. The summed E-state index contributed by atoms with van der Waals surface area (Å²) in [5.41, 5.74) is 1.16. The van der Waals surface area contributed by atoms with Gasteiger partial charge in [-0.1, -0.05) is 67.5 Å². The van der Waals surface area contributed by atoms with E-state index in [0.29, 0.717) is 16.1 Å². The zero-order chi connectivity index (χ0) is 27.8. The molecule has 0 aliphatic rings. The van der Waals surface area contributed by atoms with Gasteiger partial charge in [0, 0.05) is 20.9 Å². The Morgan fingerprint density at radius 2 is 1.13 bits per heavy atom. The highest BCUT2D eigenvalue weighted by molar-refractivity contribution is 7.99. The summed E-state index contributed by atoms with van der Waals surface area (Å²) in [4.78, 5) is 17.5. The maximum absolute atomic E-state index is 13.6. The highest BCUT2D eigenvalue weighted by Gasteiger charge is 2.28. The molecule has 5 aromatic rings. The van der Waals surface area contributed by atoms with Crippen molar-refractivity contribution in [1.82, 2.24) is 0 Å².